The van der Waals surface area contributed by atoms with Crippen molar-refractivity contribution >= 4 is 14.7 Å². The highest BCUT2D eigenvalue weighted by molar-refractivity contribution is 7.26. The van der Waals surface area contributed by atoms with Crippen LogP contribution in [0.25, 0.3) is 0 Å². The normalized spacial score (nSPS) is 10.4. The Bertz CT molecular complexity index is 205. The van der Waals surface area contributed by atoms with Crippen molar-refractivity contribution in [3.8, 4) is 0 Å². The van der Waals surface area contributed by atoms with Crippen LogP contribution in [0.4, 0.5) is 0 Å². The molecular weight excluding hydrogens is 143 g/mol. The van der Waals surface area contributed by atoms with Crippen molar-refractivity contribution in [2.24, 2.45) is 0 Å². The molecule has 1 rings (SSSR count). The second-order valence-electron chi connectivity index (χ2n) is 2.54. The van der Waals surface area contributed by atoms with Crippen LogP contribution < -0.4 is 5.44 Å². The Morgan fingerprint density at radius 1 is 1.30 bits per heavy atom. The Hall–Kier alpha value is -0.490. The van der Waals surface area contributed by atoms with E-state index in [0.29, 0.717) is 5.92 Å². The average Bonchev–Trinajstić information content (AvgIpc) is 1.88. The Balaban J connectivity index is 2.89. The van der Waals surface area contributed by atoms with Crippen molar-refractivity contribution in [3.63, 3.8) is 0 Å². The molecule has 0 saturated carbocycles. The van der Waals surface area contributed by atoms with Crippen LogP contribution in [0.15, 0.2) is 12.1 Å². The van der Waals surface area contributed by atoms with Gasteiger partial charge in [0.25, 0.3) is 0 Å². The predicted molar refractivity (Wildman–Crippen MR) is 45.5 cm³/mol. The van der Waals surface area contributed by atoms with E-state index in [0.717, 1.165) is 11.1 Å². The van der Waals surface area contributed by atoms with Crippen LogP contribution in [0.5, 0.6) is 0 Å². The molecule has 0 radical (unpaired) electrons. The highest BCUT2D eigenvalue weighted by atomic mass is 31.0. The van der Waals surface area contributed by atoms with Gasteiger partial charge in [-0.25, -0.2) is 0 Å². The fourth-order valence-corrected chi connectivity index (χ4v) is 0.815. The van der Waals surface area contributed by atoms with Gasteiger partial charge in [0.2, 0.25) is 0 Å². The van der Waals surface area contributed by atoms with Gasteiger partial charge in [-0.05, 0) is 18.1 Å². The van der Waals surface area contributed by atoms with Gasteiger partial charge in [-0.3, -0.25) is 0 Å². The van der Waals surface area contributed by atoms with Gasteiger partial charge in [-0.2, -0.15) is 10.2 Å². The van der Waals surface area contributed by atoms with Gasteiger partial charge < -0.3 is 0 Å². The zero-order chi connectivity index (χ0) is 7.56. The molecule has 0 bridgehead atoms. The lowest BCUT2D eigenvalue weighted by molar-refractivity contribution is 0.791. The van der Waals surface area contributed by atoms with E-state index in [-0.39, 0.29) is 0 Å². The van der Waals surface area contributed by atoms with Crippen LogP contribution in [-0.2, 0) is 0 Å². The van der Waals surface area contributed by atoms with E-state index < -0.39 is 0 Å². The molecule has 1 aromatic heterocycles. The Labute approximate surface area is 63.3 Å². The number of rotatable bonds is 1. The van der Waals surface area contributed by atoms with Crippen molar-refractivity contribution in [2.75, 3.05) is 0 Å². The number of aromatic nitrogens is 2. The minimum atomic E-state index is 0.470. The molecule has 0 fully saturated rings. The molecule has 0 saturated heterocycles. The Morgan fingerprint density at radius 3 is 2.40 bits per heavy atom. The molecule has 0 aliphatic heterocycles. The first-order valence-corrected chi connectivity index (χ1v) is 3.87. The van der Waals surface area contributed by atoms with E-state index in [9.17, 15) is 0 Å². The van der Waals surface area contributed by atoms with E-state index in [1.807, 2.05) is 12.1 Å². The van der Waals surface area contributed by atoms with Crippen LogP contribution in [0, 0.1) is 0 Å². The number of nitrogens with zero attached hydrogens (tertiary/aromatic N) is 2. The lowest BCUT2D eigenvalue weighted by atomic mass is 10.1. The average molecular weight is 154 g/mol. The van der Waals surface area contributed by atoms with Crippen LogP contribution in [0.3, 0.4) is 0 Å². The van der Waals surface area contributed by atoms with Gasteiger partial charge in [0.1, 0.15) is 0 Å². The third kappa shape index (κ3) is 1.74. The number of hydrogen-bond acceptors (Lipinski definition) is 2. The van der Waals surface area contributed by atoms with E-state index in [1.54, 1.807) is 0 Å². The molecule has 0 N–H and O–H groups in total. The molecule has 54 valence electrons. The molecule has 2 nitrogen and oxygen atoms in total. The van der Waals surface area contributed by atoms with E-state index >= 15 is 0 Å². The Morgan fingerprint density at radius 2 is 2.00 bits per heavy atom. The maximum atomic E-state index is 4.01. The number of hydrogen-bond donors (Lipinski definition) is 0. The van der Waals surface area contributed by atoms with Crippen LogP contribution in [0.2, 0.25) is 0 Å². The van der Waals surface area contributed by atoms with E-state index in [2.05, 4.69) is 33.3 Å². The molecule has 1 aromatic rings. The van der Waals surface area contributed by atoms with Gasteiger partial charge in [-0.15, -0.1) is 0 Å². The molecule has 1 heterocycles. The van der Waals surface area contributed by atoms with Crippen LogP contribution in [-0.4, -0.2) is 10.2 Å². The minimum absolute atomic E-state index is 0.470. The summed E-state index contributed by atoms with van der Waals surface area (Å²) in [5, 5.41) is 7.92. The van der Waals surface area contributed by atoms with Crippen LogP contribution in [0.1, 0.15) is 25.5 Å². The maximum absolute atomic E-state index is 4.01. The summed E-state index contributed by atoms with van der Waals surface area (Å²) in [5.74, 6) is 0.470. The SMILES string of the molecule is CC(C)c1ccc(P)nn1. The molecule has 1 atom stereocenters. The summed E-state index contributed by atoms with van der Waals surface area (Å²) >= 11 is 0. The van der Waals surface area contributed by atoms with Crippen molar-refractivity contribution in [1.29, 1.82) is 0 Å². The molecule has 0 amide bonds. The third-order valence-electron chi connectivity index (χ3n) is 1.30. The first-order chi connectivity index (χ1) is 4.70. The largest absolute Gasteiger partial charge is 0.155 e. The molecule has 0 aliphatic rings. The van der Waals surface area contributed by atoms with Crippen molar-refractivity contribution in [2.45, 2.75) is 19.8 Å². The molecule has 0 aromatic carbocycles. The standard InChI is InChI=1S/C7H11N2P/c1-5(2)6-3-4-7(10)9-8-6/h3-5H,10H2,1-2H3. The summed E-state index contributed by atoms with van der Waals surface area (Å²) in [6.07, 6.45) is 0. The molecule has 0 spiro atoms. The second kappa shape index (κ2) is 3.07. The third-order valence-corrected chi connectivity index (χ3v) is 1.61. The van der Waals surface area contributed by atoms with Crippen LogP contribution >= 0.6 is 9.24 Å². The van der Waals surface area contributed by atoms with Crippen molar-refractivity contribution < 1.29 is 0 Å². The predicted octanol–water partition coefficient (Wildman–Crippen LogP) is 1.10. The van der Waals surface area contributed by atoms with Gasteiger partial charge in [0.15, 0.2) is 0 Å². The highest BCUT2D eigenvalue weighted by Crippen LogP contribution is 2.07. The Kier molecular flexibility index (Phi) is 2.34. The van der Waals surface area contributed by atoms with E-state index in [1.165, 1.54) is 0 Å². The summed E-state index contributed by atoms with van der Waals surface area (Å²) in [6, 6.07) is 3.95. The molecule has 1 unspecified atom stereocenters. The molecular formula is C7H11N2P. The fraction of sp³-hybridized carbons (Fsp3) is 0.429. The monoisotopic (exact) mass is 154 g/mol. The zero-order valence-electron chi connectivity index (χ0n) is 6.20. The van der Waals surface area contributed by atoms with Crippen molar-refractivity contribution in [1.82, 2.24) is 10.2 Å². The quantitative estimate of drug-likeness (QED) is 0.566. The molecule has 3 heteroatoms. The fourth-order valence-electron chi connectivity index (χ4n) is 0.661. The topological polar surface area (TPSA) is 25.8 Å². The van der Waals surface area contributed by atoms with Gasteiger partial charge in [0.05, 0.1) is 11.1 Å². The first kappa shape index (κ1) is 7.62. The van der Waals surface area contributed by atoms with Gasteiger partial charge in [-0.1, -0.05) is 23.1 Å². The van der Waals surface area contributed by atoms with Gasteiger partial charge >= 0.3 is 0 Å². The summed E-state index contributed by atoms with van der Waals surface area (Å²) in [7, 11) is 2.51. The summed E-state index contributed by atoms with van der Waals surface area (Å²) in [6.45, 7) is 4.21. The lowest BCUT2D eigenvalue weighted by Gasteiger charge is -2.00. The second-order valence-corrected chi connectivity index (χ2v) is 3.13. The van der Waals surface area contributed by atoms with E-state index in [4.69, 9.17) is 0 Å². The van der Waals surface area contributed by atoms with Gasteiger partial charge in [0, 0.05) is 0 Å². The summed E-state index contributed by atoms with van der Waals surface area (Å²) in [5.41, 5.74) is 1.94. The summed E-state index contributed by atoms with van der Waals surface area (Å²) < 4.78 is 0. The maximum Gasteiger partial charge on any atom is 0.0795 e. The minimum Gasteiger partial charge on any atom is -0.155 e. The molecule has 10 heavy (non-hydrogen) atoms. The lowest BCUT2D eigenvalue weighted by Crippen LogP contribution is -2.03. The zero-order valence-corrected chi connectivity index (χ0v) is 7.36. The smallest absolute Gasteiger partial charge is 0.0795 e. The summed E-state index contributed by atoms with van der Waals surface area (Å²) in [4.78, 5) is 0. The molecule has 0 aliphatic carbocycles. The van der Waals surface area contributed by atoms with Crippen molar-refractivity contribution in [3.05, 3.63) is 17.8 Å². The highest BCUT2D eigenvalue weighted by Gasteiger charge is 1.98. The first-order valence-electron chi connectivity index (χ1n) is 3.29.